The molecular formula is C18H18ClN3O4S. The fourth-order valence-electron chi connectivity index (χ4n) is 2.39. The van der Waals surface area contributed by atoms with Crippen LogP contribution in [0.1, 0.15) is 11.5 Å². The zero-order valence-corrected chi connectivity index (χ0v) is 16.4. The van der Waals surface area contributed by atoms with Crippen molar-refractivity contribution in [3.63, 3.8) is 0 Å². The summed E-state index contributed by atoms with van der Waals surface area (Å²) < 4.78 is 36.6. The predicted molar refractivity (Wildman–Crippen MR) is 102 cm³/mol. The van der Waals surface area contributed by atoms with E-state index in [-0.39, 0.29) is 18.2 Å². The topological polar surface area (TPSA) is 85.5 Å². The van der Waals surface area contributed by atoms with Gasteiger partial charge in [0.25, 0.3) is 0 Å². The van der Waals surface area contributed by atoms with Gasteiger partial charge in [0.2, 0.25) is 21.7 Å². The third-order valence-electron chi connectivity index (χ3n) is 3.89. The Morgan fingerprint density at radius 1 is 1.19 bits per heavy atom. The smallest absolute Gasteiger partial charge is 0.242 e. The van der Waals surface area contributed by atoms with E-state index in [0.717, 1.165) is 5.56 Å². The highest BCUT2D eigenvalue weighted by Crippen LogP contribution is 2.22. The van der Waals surface area contributed by atoms with E-state index >= 15 is 0 Å². The van der Waals surface area contributed by atoms with Gasteiger partial charge < -0.3 is 9.26 Å². The Labute approximate surface area is 162 Å². The fraction of sp³-hybridized carbons (Fsp3) is 0.222. The Kier molecular flexibility index (Phi) is 5.79. The summed E-state index contributed by atoms with van der Waals surface area (Å²) in [6.07, 6.45) is 0. The van der Waals surface area contributed by atoms with E-state index in [1.165, 1.54) is 11.4 Å². The van der Waals surface area contributed by atoms with E-state index in [2.05, 4.69) is 10.1 Å². The van der Waals surface area contributed by atoms with E-state index in [1.54, 1.807) is 37.4 Å². The SMILES string of the molecule is COc1cccc(-c2noc(CN(C)S(=O)(=O)Cc3ccc(Cl)cc3)n2)c1. The molecule has 0 unspecified atom stereocenters. The number of halogens is 1. The van der Waals surface area contributed by atoms with Crippen molar-refractivity contribution in [2.24, 2.45) is 0 Å². The van der Waals surface area contributed by atoms with Gasteiger partial charge in [-0.05, 0) is 29.8 Å². The number of sulfonamides is 1. The molecule has 0 saturated heterocycles. The quantitative estimate of drug-likeness (QED) is 0.597. The number of benzene rings is 2. The maximum atomic E-state index is 12.5. The summed E-state index contributed by atoms with van der Waals surface area (Å²) in [5.74, 6) is 1.10. The molecule has 0 amide bonds. The van der Waals surface area contributed by atoms with Crippen LogP contribution in [-0.2, 0) is 22.3 Å². The van der Waals surface area contributed by atoms with Crippen molar-refractivity contribution in [3.05, 3.63) is 65.0 Å². The van der Waals surface area contributed by atoms with E-state index in [9.17, 15) is 8.42 Å². The van der Waals surface area contributed by atoms with Crippen molar-refractivity contribution in [1.82, 2.24) is 14.4 Å². The molecule has 0 fully saturated rings. The molecule has 0 saturated carbocycles. The summed E-state index contributed by atoms with van der Waals surface area (Å²) in [6, 6.07) is 13.9. The molecule has 1 aromatic heterocycles. The van der Waals surface area contributed by atoms with Crippen molar-refractivity contribution in [1.29, 1.82) is 0 Å². The molecule has 0 radical (unpaired) electrons. The van der Waals surface area contributed by atoms with Crippen LogP contribution in [0.25, 0.3) is 11.4 Å². The number of aromatic nitrogens is 2. The number of ether oxygens (including phenoxy) is 1. The molecule has 0 spiro atoms. The van der Waals surface area contributed by atoms with Gasteiger partial charge in [0.05, 0.1) is 19.4 Å². The molecule has 0 aliphatic carbocycles. The Balaban J connectivity index is 1.71. The Hall–Kier alpha value is -2.42. The van der Waals surface area contributed by atoms with E-state index in [1.807, 2.05) is 18.2 Å². The zero-order valence-electron chi connectivity index (χ0n) is 14.8. The van der Waals surface area contributed by atoms with Gasteiger partial charge in [-0.3, -0.25) is 0 Å². The molecule has 0 bridgehead atoms. The van der Waals surface area contributed by atoms with Crippen molar-refractivity contribution in [3.8, 4) is 17.1 Å². The molecule has 7 nitrogen and oxygen atoms in total. The summed E-state index contributed by atoms with van der Waals surface area (Å²) in [7, 11) is -0.504. The second kappa shape index (κ2) is 8.08. The molecule has 1 heterocycles. The van der Waals surface area contributed by atoms with Gasteiger partial charge >= 0.3 is 0 Å². The number of hydrogen-bond donors (Lipinski definition) is 0. The van der Waals surface area contributed by atoms with Crippen molar-refractivity contribution in [2.75, 3.05) is 14.2 Å². The van der Waals surface area contributed by atoms with Crippen molar-refractivity contribution < 1.29 is 17.7 Å². The molecule has 3 rings (SSSR count). The highest BCUT2D eigenvalue weighted by molar-refractivity contribution is 7.88. The number of hydrogen-bond acceptors (Lipinski definition) is 6. The third kappa shape index (κ3) is 4.85. The summed E-state index contributed by atoms with van der Waals surface area (Å²) in [6.45, 7) is -0.0209. The maximum absolute atomic E-state index is 12.5. The monoisotopic (exact) mass is 407 g/mol. The lowest BCUT2D eigenvalue weighted by molar-refractivity contribution is 0.336. The molecule has 27 heavy (non-hydrogen) atoms. The number of nitrogens with zero attached hydrogens (tertiary/aromatic N) is 3. The molecule has 142 valence electrons. The van der Waals surface area contributed by atoms with Crippen LogP contribution in [0.15, 0.2) is 53.1 Å². The van der Waals surface area contributed by atoms with E-state index in [4.69, 9.17) is 20.9 Å². The Morgan fingerprint density at radius 2 is 1.93 bits per heavy atom. The van der Waals surface area contributed by atoms with Gasteiger partial charge in [0, 0.05) is 17.6 Å². The molecule has 0 aliphatic heterocycles. The van der Waals surface area contributed by atoms with Crippen LogP contribution >= 0.6 is 11.6 Å². The first-order valence-electron chi connectivity index (χ1n) is 8.03. The van der Waals surface area contributed by atoms with Crippen LogP contribution in [0.4, 0.5) is 0 Å². The highest BCUT2D eigenvalue weighted by atomic mass is 35.5. The largest absolute Gasteiger partial charge is 0.497 e. The molecule has 2 aromatic carbocycles. The lowest BCUT2D eigenvalue weighted by atomic mass is 10.2. The Morgan fingerprint density at radius 3 is 2.63 bits per heavy atom. The molecule has 0 aliphatic rings. The summed E-state index contributed by atoms with van der Waals surface area (Å²) >= 11 is 5.83. The van der Waals surface area contributed by atoms with Crippen molar-refractivity contribution in [2.45, 2.75) is 12.3 Å². The van der Waals surface area contributed by atoms with Gasteiger partial charge in [-0.15, -0.1) is 0 Å². The minimum atomic E-state index is -3.55. The first kappa shape index (κ1) is 19.3. The van der Waals surface area contributed by atoms with Gasteiger partial charge in [-0.25, -0.2) is 8.42 Å². The maximum Gasteiger partial charge on any atom is 0.242 e. The van der Waals surface area contributed by atoms with Crippen LogP contribution in [0.5, 0.6) is 5.75 Å². The van der Waals surface area contributed by atoms with E-state index < -0.39 is 10.0 Å². The zero-order chi connectivity index (χ0) is 19.4. The summed E-state index contributed by atoms with van der Waals surface area (Å²) in [4.78, 5) is 4.27. The van der Waals surface area contributed by atoms with Gasteiger partial charge in [-0.1, -0.05) is 41.0 Å². The normalized spacial score (nSPS) is 11.7. The standard InChI is InChI=1S/C18H18ClN3O4S/c1-22(27(23,24)12-13-6-8-15(19)9-7-13)11-17-20-18(21-26-17)14-4-3-5-16(10-14)25-2/h3-10H,11-12H2,1-2H3. The van der Waals surface area contributed by atoms with E-state index in [0.29, 0.717) is 22.2 Å². The van der Waals surface area contributed by atoms with Crippen LogP contribution < -0.4 is 4.74 Å². The van der Waals surface area contributed by atoms with Crippen LogP contribution in [-0.4, -0.2) is 37.0 Å². The second-order valence-corrected chi connectivity index (χ2v) is 8.39. The fourth-order valence-corrected chi connectivity index (χ4v) is 3.66. The minimum Gasteiger partial charge on any atom is -0.497 e. The molecular weight excluding hydrogens is 390 g/mol. The third-order valence-corrected chi connectivity index (χ3v) is 5.92. The predicted octanol–water partition coefficient (Wildman–Crippen LogP) is 3.36. The van der Waals surface area contributed by atoms with Crippen molar-refractivity contribution >= 4 is 21.6 Å². The Bertz CT molecular complexity index is 1020. The lowest BCUT2D eigenvalue weighted by Gasteiger charge is -2.15. The lowest BCUT2D eigenvalue weighted by Crippen LogP contribution is -2.27. The molecule has 0 atom stereocenters. The number of rotatable bonds is 7. The first-order valence-corrected chi connectivity index (χ1v) is 10.0. The average molecular weight is 408 g/mol. The molecule has 0 N–H and O–H groups in total. The van der Waals surface area contributed by atoms with Crippen LogP contribution in [0, 0.1) is 0 Å². The first-order chi connectivity index (χ1) is 12.9. The summed E-state index contributed by atoms with van der Waals surface area (Å²) in [5, 5.41) is 4.47. The van der Waals surface area contributed by atoms with Crippen LogP contribution in [0.2, 0.25) is 5.02 Å². The van der Waals surface area contributed by atoms with Gasteiger partial charge in [0.15, 0.2) is 0 Å². The molecule has 9 heteroatoms. The van der Waals surface area contributed by atoms with Gasteiger partial charge in [-0.2, -0.15) is 9.29 Å². The molecule has 3 aromatic rings. The summed E-state index contributed by atoms with van der Waals surface area (Å²) in [5.41, 5.74) is 1.37. The van der Waals surface area contributed by atoms with Gasteiger partial charge in [0.1, 0.15) is 5.75 Å². The van der Waals surface area contributed by atoms with Crippen LogP contribution in [0.3, 0.4) is 0 Å². The highest BCUT2D eigenvalue weighted by Gasteiger charge is 2.21. The number of methoxy groups -OCH3 is 1. The minimum absolute atomic E-state index is 0.0209. The second-order valence-electron chi connectivity index (χ2n) is 5.88. The average Bonchev–Trinajstić information content (AvgIpc) is 3.12.